The monoisotopic (exact) mass is 195 g/mol. The number of nitrogens with one attached hydrogen (secondary N) is 1. The quantitative estimate of drug-likeness (QED) is 0.680. The van der Waals surface area contributed by atoms with Crippen molar-refractivity contribution in [2.75, 3.05) is 13.7 Å². The maximum absolute atomic E-state index is 9.70. The summed E-state index contributed by atoms with van der Waals surface area (Å²) in [6.45, 7) is 3.92. The van der Waals surface area contributed by atoms with Gasteiger partial charge in [0.15, 0.2) is 0 Å². The summed E-state index contributed by atoms with van der Waals surface area (Å²) in [5, 5.41) is 21.7. The van der Waals surface area contributed by atoms with Crippen LogP contribution in [0.2, 0.25) is 0 Å². The minimum atomic E-state index is -0.200. The van der Waals surface area contributed by atoms with Gasteiger partial charge in [-0.2, -0.15) is 0 Å². The normalized spacial score (nSPS) is 12.9. The Kier molecular flexibility index (Phi) is 3.49. The SMILES string of the molecule is CNC(CO)c1cc(C)c(C)cc1O. The number of likely N-dealkylation sites (N-methyl/N-ethyl adjacent to an activating group) is 1. The van der Waals surface area contributed by atoms with Crippen molar-refractivity contribution in [2.24, 2.45) is 0 Å². The van der Waals surface area contributed by atoms with Gasteiger partial charge in [0, 0.05) is 5.56 Å². The van der Waals surface area contributed by atoms with Gasteiger partial charge < -0.3 is 15.5 Å². The summed E-state index contributed by atoms with van der Waals surface area (Å²) in [5.41, 5.74) is 2.92. The standard InChI is InChI=1S/C11H17NO2/c1-7-4-9(10(6-13)12-3)11(14)5-8(7)2/h4-5,10,12-14H,6H2,1-3H3. The molecule has 0 aromatic heterocycles. The van der Waals surface area contributed by atoms with E-state index in [-0.39, 0.29) is 18.4 Å². The van der Waals surface area contributed by atoms with E-state index < -0.39 is 0 Å². The van der Waals surface area contributed by atoms with Crippen LogP contribution >= 0.6 is 0 Å². The second-order valence-electron chi connectivity index (χ2n) is 3.52. The molecule has 0 spiro atoms. The van der Waals surface area contributed by atoms with E-state index >= 15 is 0 Å². The molecular formula is C11H17NO2. The Morgan fingerprint density at radius 3 is 2.36 bits per heavy atom. The van der Waals surface area contributed by atoms with Crippen molar-refractivity contribution in [2.45, 2.75) is 19.9 Å². The third kappa shape index (κ3) is 2.05. The zero-order valence-electron chi connectivity index (χ0n) is 8.83. The molecule has 3 N–H and O–H groups in total. The molecule has 14 heavy (non-hydrogen) atoms. The second kappa shape index (κ2) is 4.44. The molecule has 0 amide bonds. The fourth-order valence-corrected chi connectivity index (χ4v) is 1.45. The lowest BCUT2D eigenvalue weighted by atomic mass is 10.0. The molecule has 0 fully saturated rings. The van der Waals surface area contributed by atoms with E-state index in [0.717, 1.165) is 16.7 Å². The Bertz CT molecular complexity index is 319. The fourth-order valence-electron chi connectivity index (χ4n) is 1.45. The van der Waals surface area contributed by atoms with Crippen LogP contribution in [-0.4, -0.2) is 23.9 Å². The van der Waals surface area contributed by atoms with Gasteiger partial charge in [0.1, 0.15) is 5.75 Å². The van der Waals surface area contributed by atoms with Gasteiger partial charge in [-0.15, -0.1) is 0 Å². The van der Waals surface area contributed by atoms with Gasteiger partial charge in [0.2, 0.25) is 0 Å². The zero-order chi connectivity index (χ0) is 10.7. The molecule has 0 aliphatic carbocycles. The first-order valence-corrected chi connectivity index (χ1v) is 4.68. The average molecular weight is 195 g/mol. The smallest absolute Gasteiger partial charge is 0.120 e. The summed E-state index contributed by atoms with van der Waals surface area (Å²) in [4.78, 5) is 0. The molecule has 1 unspecified atom stereocenters. The Morgan fingerprint density at radius 2 is 1.86 bits per heavy atom. The Labute approximate surface area is 84.4 Å². The van der Waals surface area contributed by atoms with Gasteiger partial charge in [0.05, 0.1) is 12.6 Å². The van der Waals surface area contributed by atoms with Crippen LogP contribution < -0.4 is 5.32 Å². The summed E-state index contributed by atoms with van der Waals surface area (Å²) < 4.78 is 0. The van der Waals surface area contributed by atoms with Crippen molar-refractivity contribution in [1.82, 2.24) is 5.32 Å². The Morgan fingerprint density at radius 1 is 1.29 bits per heavy atom. The van der Waals surface area contributed by atoms with Crippen LogP contribution in [-0.2, 0) is 0 Å². The highest BCUT2D eigenvalue weighted by Gasteiger charge is 2.13. The van der Waals surface area contributed by atoms with Crippen LogP contribution in [0, 0.1) is 13.8 Å². The third-order valence-electron chi connectivity index (χ3n) is 2.55. The maximum atomic E-state index is 9.70. The van der Waals surface area contributed by atoms with Crippen LogP contribution in [0.3, 0.4) is 0 Å². The predicted octanol–water partition coefficient (Wildman–Crippen LogP) is 1.26. The number of phenolic OH excluding ortho intramolecular Hbond substituents is 1. The lowest BCUT2D eigenvalue weighted by molar-refractivity contribution is 0.248. The molecule has 3 heteroatoms. The summed E-state index contributed by atoms with van der Waals surface area (Å²) >= 11 is 0. The number of rotatable bonds is 3. The first kappa shape index (κ1) is 11.0. The van der Waals surface area contributed by atoms with Gasteiger partial charge in [-0.25, -0.2) is 0 Å². The van der Waals surface area contributed by atoms with Crippen LogP contribution in [0.1, 0.15) is 22.7 Å². The number of hydrogen-bond acceptors (Lipinski definition) is 3. The number of phenols is 1. The fraction of sp³-hybridized carbons (Fsp3) is 0.455. The van der Waals surface area contributed by atoms with E-state index in [1.807, 2.05) is 19.9 Å². The van der Waals surface area contributed by atoms with Crippen molar-refractivity contribution in [3.63, 3.8) is 0 Å². The number of aliphatic hydroxyl groups is 1. The summed E-state index contributed by atoms with van der Waals surface area (Å²) in [7, 11) is 1.76. The number of benzene rings is 1. The molecule has 0 aliphatic rings. The number of aliphatic hydroxyl groups excluding tert-OH is 1. The van der Waals surface area contributed by atoms with E-state index in [0.29, 0.717) is 0 Å². The van der Waals surface area contributed by atoms with Crippen LogP contribution in [0.25, 0.3) is 0 Å². The predicted molar refractivity (Wildman–Crippen MR) is 56.5 cm³/mol. The molecule has 0 heterocycles. The molecule has 0 aliphatic heterocycles. The van der Waals surface area contributed by atoms with Crippen molar-refractivity contribution >= 4 is 0 Å². The lowest BCUT2D eigenvalue weighted by Gasteiger charge is -2.16. The highest BCUT2D eigenvalue weighted by Crippen LogP contribution is 2.26. The molecular weight excluding hydrogens is 178 g/mol. The zero-order valence-corrected chi connectivity index (χ0v) is 8.83. The number of aryl methyl sites for hydroxylation is 2. The van der Waals surface area contributed by atoms with E-state index in [4.69, 9.17) is 5.11 Å². The van der Waals surface area contributed by atoms with Gasteiger partial charge in [-0.3, -0.25) is 0 Å². The first-order valence-electron chi connectivity index (χ1n) is 4.68. The first-order chi connectivity index (χ1) is 6.60. The Balaban J connectivity index is 3.14. The van der Waals surface area contributed by atoms with E-state index in [1.54, 1.807) is 13.1 Å². The Hall–Kier alpha value is -1.06. The third-order valence-corrected chi connectivity index (χ3v) is 2.55. The van der Waals surface area contributed by atoms with Crippen molar-refractivity contribution in [1.29, 1.82) is 0 Å². The lowest BCUT2D eigenvalue weighted by Crippen LogP contribution is -2.20. The van der Waals surface area contributed by atoms with Crippen LogP contribution in [0.4, 0.5) is 0 Å². The van der Waals surface area contributed by atoms with E-state index in [9.17, 15) is 5.11 Å². The summed E-state index contributed by atoms with van der Waals surface area (Å²) in [5.74, 6) is 0.238. The molecule has 1 aromatic rings. The average Bonchev–Trinajstić information content (AvgIpc) is 2.15. The van der Waals surface area contributed by atoms with Crippen LogP contribution in [0.5, 0.6) is 5.75 Å². The second-order valence-corrected chi connectivity index (χ2v) is 3.52. The number of aromatic hydroxyl groups is 1. The van der Waals surface area contributed by atoms with Crippen LogP contribution in [0.15, 0.2) is 12.1 Å². The molecule has 1 rings (SSSR count). The molecule has 3 nitrogen and oxygen atoms in total. The molecule has 0 saturated carbocycles. The molecule has 78 valence electrons. The highest BCUT2D eigenvalue weighted by molar-refractivity contribution is 5.42. The number of hydrogen-bond donors (Lipinski definition) is 3. The van der Waals surface area contributed by atoms with Gasteiger partial charge in [-0.1, -0.05) is 6.07 Å². The topological polar surface area (TPSA) is 52.5 Å². The van der Waals surface area contributed by atoms with Gasteiger partial charge in [0.25, 0.3) is 0 Å². The minimum Gasteiger partial charge on any atom is -0.508 e. The van der Waals surface area contributed by atoms with E-state index in [2.05, 4.69) is 5.32 Å². The molecule has 0 saturated heterocycles. The molecule has 1 aromatic carbocycles. The molecule has 0 radical (unpaired) electrons. The van der Waals surface area contributed by atoms with Crippen molar-refractivity contribution in [3.05, 3.63) is 28.8 Å². The van der Waals surface area contributed by atoms with Gasteiger partial charge >= 0.3 is 0 Å². The van der Waals surface area contributed by atoms with Crippen molar-refractivity contribution < 1.29 is 10.2 Å². The largest absolute Gasteiger partial charge is 0.508 e. The summed E-state index contributed by atoms with van der Waals surface area (Å²) in [6.07, 6.45) is 0. The highest BCUT2D eigenvalue weighted by atomic mass is 16.3. The maximum Gasteiger partial charge on any atom is 0.120 e. The molecule has 0 bridgehead atoms. The van der Waals surface area contributed by atoms with E-state index in [1.165, 1.54) is 0 Å². The minimum absolute atomic E-state index is 0.0213. The van der Waals surface area contributed by atoms with Gasteiger partial charge in [-0.05, 0) is 38.1 Å². The van der Waals surface area contributed by atoms with Crippen molar-refractivity contribution in [3.8, 4) is 5.75 Å². The summed E-state index contributed by atoms with van der Waals surface area (Å²) in [6, 6.07) is 3.43. The molecule has 1 atom stereocenters.